The van der Waals surface area contributed by atoms with E-state index in [0.717, 1.165) is 12.2 Å². The molecule has 1 aromatic rings. The minimum absolute atomic E-state index is 0.202. The van der Waals surface area contributed by atoms with Crippen LogP contribution in [-0.2, 0) is 4.74 Å². The van der Waals surface area contributed by atoms with Gasteiger partial charge in [-0.15, -0.1) is 0 Å². The summed E-state index contributed by atoms with van der Waals surface area (Å²) in [4.78, 5) is 0. The minimum atomic E-state index is 0.202. The quantitative estimate of drug-likeness (QED) is 0.770. The summed E-state index contributed by atoms with van der Waals surface area (Å²) in [6.45, 7) is 5.13. The van der Waals surface area contributed by atoms with Gasteiger partial charge < -0.3 is 9.47 Å². The molecule has 2 nitrogen and oxygen atoms in total. The Hall–Kier alpha value is -1.02. The van der Waals surface area contributed by atoms with Crippen LogP contribution >= 0.6 is 0 Å². The molecule has 1 spiro atoms. The van der Waals surface area contributed by atoms with Gasteiger partial charge in [0, 0.05) is 0 Å². The van der Waals surface area contributed by atoms with Crippen molar-refractivity contribution in [3.63, 3.8) is 0 Å². The first-order chi connectivity index (χ1) is 10.2. The Morgan fingerprint density at radius 2 is 1.81 bits per heavy atom. The maximum atomic E-state index is 6.35. The van der Waals surface area contributed by atoms with Crippen molar-refractivity contribution in [1.29, 1.82) is 0 Å². The first-order valence-electron chi connectivity index (χ1n) is 8.57. The summed E-state index contributed by atoms with van der Waals surface area (Å²) in [7, 11) is 0. The summed E-state index contributed by atoms with van der Waals surface area (Å²) in [6.07, 6.45) is 9.24. The second-order valence-corrected chi connectivity index (χ2v) is 7.06. The van der Waals surface area contributed by atoms with E-state index >= 15 is 0 Å². The van der Waals surface area contributed by atoms with Crippen LogP contribution in [0.2, 0.25) is 0 Å². The number of rotatable bonds is 4. The highest BCUT2D eigenvalue weighted by Gasteiger charge is 2.40. The van der Waals surface area contributed by atoms with Gasteiger partial charge in [-0.2, -0.15) is 0 Å². The van der Waals surface area contributed by atoms with E-state index in [1.165, 1.54) is 44.1 Å². The van der Waals surface area contributed by atoms with Gasteiger partial charge in [0.25, 0.3) is 0 Å². The zero-order chi connectivity index (χ0) is 14.7. The molecular formula is C19H28O2. The molecule has 3 rings (SSSR count). The van der Waals surface area contributed by atoms with Crippen molar-refractivity contribution < 1.29 is 9.47 Å². The molecular weight excluding hydrogens is 260 g/mol. The van der Waals surface area contributed by atoms with Gasteiger partial charge in [-0.3, -0.25) is 0 Å². The average Bonchev–Trinajstić information content (AvgIpc) is 2.89. The van der Waals surface area contributed by atoms with Gasteiger partial charge in [0.05, 0.1) is 11.7 Å². The first-order valence-corrected chi connectivity index (χ1v) is 8.57. The molecule has 2 aliphatic rings. The van der Waals surface area contributed by atoms with Crippen LogP contribution in [-0.4, -0.2) is 18.3 Å². The van der Waals surface area contributed by atoms with Crippen LogP contribution in [0.15, 0.2) is 24.3 Å². The molecule has 1 heterocycles. The van der Waals surface area contributed by atoms with Crippen molar-refractivity contribution in [1.82, 2.24) is 0 Å². The van der Waals surface area contributed by atoms with E-state index in [4.69, 9.17) is 9.47 Å². The Kier molecular flexibility index (Phi) is 4.54. The third-order valence-corrected chi connectivity index (χ3v) is 5.09. The molecule has 0 radical (unpaired) electrons. The molecule has 1 aliphatic heterocycles. The summed E-state index contributed by atoms with van der Waals surface area (Å²) in [5.74, 6) is 1.54. The Morgan fingerprint density at radius 3 is 2.48 bits per heavy atom. The minimum Gasteiger partial charge on any atom is -0.491 e. The summed E-state index contributed by atoms with van der Waals surface area (Å²) < 4.78 is 12.3. The molecule has 21 heavy (non-hydrogen) atoms. The van der Waals surface area contributed by atoms with Crippen LogP contribution in [0.1, 0.15) is 70.3 Å². The molecule has 0 N–H and O–H groups in total. The molecule has 1 aromatic carbocycles. The molecule has 2 fully saturated rings. The largest absolute Gasteiger partial charge is 0.491 e. The van der Waals surface area contributed by atoms with E-state index in [2.05, 4.69) is 38.1 Å². The zero-order valence-corrected chi connectivity index (χ0v) is 13.4. The summed E-state index contributed by atoms with van der Waals surface area (Å²) in [5, 5.41) is 0. The lowest BCUT2D eigenvalue weighted by Crippen LogP contribution is -2.32. The van der Waals surface area contributed by atoms with Crippen molar-refractivity contribution in [3.05, 3.63) is 29.8 Å². The van der Waals surface area contributed by atoms with E-state index in [1.54, 1.807) is 0 Å². The molecule has 0 amide bonds. The van der Waals surface area contributed by atoms with E-state index in [1.807, 2.05) is 0 Å². The van der Waals surface area contributed by atoms with Gasteiger partial charge in [-0.05, 0) is 49.3 Å². The fourth-order valence-corrected chi connectivity index (χ4v) is 3.71. The molecule has 2 heteroatoms. The highest BCUT2D eigenvalue weighted by Crippen LogP contribution is 2.41. The third kappa shape index (κ3) is 3.60. The van der Waals surface area contributed by atoms with Crippen LogP contribution in [0.5, 0.6) is 5.75 Å². The second-order valence-electron chi connectivity index (χ2n) is 7.06. The summed E-state index contributed by atoms with van der Waals surface area (Å²) in [5.41, 5.74) is 1.56. The topological polar surface area (TPSA) is 18.5 Å². The Balaban J connectivity index is 1.49. The molecule has 1 saturated carbocycles. The molecule has 0 bridgehead atoms. The number of hydrogen-bond donors (Lipinski definition) is 0. The number of hydrogen-bond acceptors (Lipinski definition) is 2. The molecule has 1 aliphatic carbocycles. The molecule has 0 aromatic heterocycles. The lowest BCUT2D eigenvalue weighted by molar-refractivity contribution is -0.0748. The summed E-state index contributed by atoms with van der Waals surface area (Å²) >= 11 is 0. The van der Waals surface area contributed by atoms with Gasteiger partial charge in [-0.1, -0.05) is 45.2 Å². The van der Waals surface area contributed by atoms with Crippen molar-refractivity contribution in [2.75, 3.05) is 6.61 Å². The predicted molar refractivity (Wildman–Crippen MR) is 85.9 cm³/mol. The van der Waals surface area contributed by atoms with E-state index in [0.29, 0.717) is 12.5 Å². The maximum Gasteiger partial charge on any atom is 0.119 e. The fraction of sp³-hybridized carbons (Fsp3) is 0.684. The van der Waals surface area contributed by atoms with Crippen molar-refractivity contribution in [2.45, 2.75) is 76.4 Å². The van der Waals surface area contributed by atoms with Crippen LogP contribution < -0.4 is 4.74 Å². The number of ether oxygens (including phenoxy) is 2. The van der Waals surface area contributed by atoms with Crippen molar-refractivity contribution in [2.24, 2.45) is 0 Å². The van der Waals surface area contributed by atoms with Crippen molar-refractivity contribution >= 4 is 0 Å². The molecule has 1 saturated heterocycles. The lowest BCUT2D eigenvalue weighted by atomic mass is 9.83. The van der Waals surface area contributed by atoms with Gasteiger partial charge >= 0.3 is 0 Å². The standard InChI is InChI=1S/C19H28O2/c1-15(2)16-6-8-17(9-7-16)20-14-18-10-13-19(21-18)11-4-3-5-12-19/h6-9,15,18H,3-5,10-14H2,1-2H3. The van der Waals surface area contributed by atoms with Gasteiger partial charge in [0.15, 0.2) is 0 Å². The maximum absolute atomic E-state index is 6.35. The van der Waals surface area contributed by atoms with Crippen molar-refractivity contribution in [3.8, 4) is 5.75 Å². The molecule has 1 atom stereocenters. The highest BCUT2D eigenvalue weighted by atomic mass is 16.6. The Morgan fingerprint density at radius 1 is 1.10 bits per heavy atom. The average molecular weight is 288 g/mol. The first kappa shape index (κ1) is 14.9. The lowest BCUT2D eigenvalue weighted by Gasteiger charge is -2.33. The normalized spacial score (nSPS) is 24.6. The Labute approximate surface area is 128 Å². The third-order valence-electron chi connectivity index (χ3n) is 5.09. The second kappa shape index (κ2) is 6.39. The fourth-order valence-electron chi connectivity index (χ4n) is 3.71. The highest BCUT2D eigenvalue weighted by molar-refractivity contribution is 5.28. The molecule has 116 valence electrons. The van der Waals surface area contributed by atoms with Crippen LogP contribution in [0.3, 0.4) is 0 Å². The molecule has 1 unspecified atom stereocenters. The smallest absolute Gasteiger partial charge is 0.119 e. The predicted octanol–water partition coefficient (Wildman–Crippen LogP) is 5.07. The van der Waals surface area contributed by atoms with E-state index < -0.39 is 0 Å². The monoisotopic (exact) mass is 288 g/mol. The Bertz CT molecular complexity index is 443. The van der Waals surface area contributed by atoms with Gasteiger partial charge in [-0.25, -0.2) is 0 Å². The van der Waals surface area contributed by atoms with E-state index in [9.17, 15) is 0 Å². The van der Waals surface area contributed by atoms with Crippen LogP contribution in [0.25, 0.3) is 0 Å². The van der Waals surface area contributed by atoms with E-state index in [-0.39, 0.29) is 11.7 Å². The van der Waals surface area contributed by atoms with Crippen LogP contribution in [0, 0.1) is 0 Å². The van der Waals surface area contributed by atoms with Gasteiger partial charge in [0.2, 0.25) is 0 Å². The SMILES string of the molecule is CC(C)c1ccc(OCC2CCC3(CCCCC3)O2)cc1. The number of benzene rings is 1. The summed E-state index contributed by atoms with van der Waals surface area (Å²) in [6, 6.07) is 8.50. The van der Waals surface area contributed by atoms with Gasteiger partial charge in [0.1, 0.15) is 12.4 Å². The van der Waals surface area contributed by atoms with Crippen LogP contribution in [0.4, 0.5) is 0 Å². The zero-order valence-electron chi connectivity index (χ0n) is 13.4.